The molecule has 0 atom stereocenters. The fraction of sp³-hybridized carbons (Fsp3) is 0.0448. The SMILES string of the molecule is CC1(C)c2ccccc2-c2ccc(N(c3cccc(-c4ccc(-c5ccc6c(c5)c5ccccc5n6-c5ccc(-c6ccccc6)cc5)cc4)c3)c3ccc4cc(-c5ccccc5)ccc4c3)cc21. The molecule has 69 heavy (non-hydrogen) atoms. The Kier molecular flexibility index (Phi) is 9.55. The standard InChI is InChI=1S/C67H48N2/c1-67(2)63-22-11-9-20-59(63)60-38-37-58(44-64(60)67)68(57-36-32-52-40-51(28-29-53(52)42-57)46-16-7-4-8-17-46)56-19-13-18-50(41-56)48-24-26-49(27-25-48)54-33-39-66-62(43-54)61-21-10-12-23-65(61)69(66)55-34-30-47(31-35-55)45-14-5-3-6-15-45/h3-44H,1-2H3. The maximum absolute atomic E-state index is 2.44. The van der Waals surface area contributed by atoms with E-state index in [2.05, 4.69) is 278 Å². The minimum absolute atomic E-state index is 0.120. The minimum Gasteiger partial charge on any atom is -0.310 e. The molecule has 11 aromatic carbocycles. The van der Waals surface area contributed by atoms with Gasteiger partial charge in [0.05, 0.1) is 11.0 Å². The van der Waals surface area contributed by atoms with Gasteiger partial charge in [-0.25, -0.2) is 0 Å². The lowest BCUT2D eigenvalue weighted by Crippen LogP contribution is -2.16. The minimum atomic E-state index is -0.120. The fourth-order valence-electron chi connectivity index (χ4n) is 11.0. The van der Waals surface area contributed by atoms with Gasteiger partial charge in [0.2, 0.25) is 0 Å². The zero-order valence-corrected chi connectivity index (χ0v) is 38.6. The Balaban J connectivity index is 0.859. The summed E-state index contributed by atoms with van der Waals surface area (Å²) in [7, 11) is 0. The van der Waals surface area contributed by atoms with Crippen LogP contribution in [0.1, 0.15) is 25.0 Å². The van der Waals surface area contributed by atoms with Crippen molar-refractivity contribution in [3.05, 3.63) is 266 Å². The van der Waals surface area contributed by atoms with Gasteiger partial charge in [-0.15, -0.1) is 0 Å². The van der Waals surface area contributed by atoms with Crippen LogP contribution in [0.3, 0.4) is 0 Å². The molecule has 0 bridgehead atoms. The van der Waals surface area contributed by atoms with E-state index in [1.54, 1.807) is 0 Å². The molecule has 12 aromatic rings. The molecule has 0 unspecified atom stereocenters. The van der Waals surface area contributed by atoms with Crippen LogP contribution in [0.4, 0.5) is 17.1 Å². The third-order valence-electron chi connectivity index (χ3n) is 14.6. The van der Waals surface area contributed by atoms with Crippen molar-refractivity contribution in [1.82, 2.24) is 4.57 Å². The first-order chi connectivity index (χ1) is 33.9. The van der Waals surface area contributed by atoms with Crippen LogP contribution < -0.4 is 4.90 Å². The summed E-state index contributed by atoms with van der Waals surface area (Å²) in [6.45, 7) is 4.72. The van der Waals surface area contributed by atoms with Gasteiger partial charge in [0.15, 0.2) is 0 Å². The number of hydrogen-bond donors (Lipinski definition) is 0. The lowest BCUT2D eigenvalue weighted by Gasteiger charge is -2.28. The van der Waals surface area contributed by atoms with E-state index in [0.717, 1.165) is 22.7 Å². The summed E-state index contributed by atoms with van der Waals surface area (Å²) in [6, 6.07) is 93.6. The van der Waals surface area contributed by atoms with Gasteiger partial charge in [0, 0.05) is 38.9 Å². The number of anilines is 3. The number of fused-ring (bicyclic) bond motifs is 7. The normalized spacial score (nSPS) is 12.6. The number of nitrogens with zero attached hydrogens (tertiary/aromatic N) is 2. The van der Waals surface area contributed by atoms with Crippen molar-refractivity contribution in [2.75, 3.05) is 4.90 Å². The average Bonchev–Trinajstić information content (AvgIpc) is 3.86. The maximum atomic E-state index is 2.44. The van der Waals surface area contributed by atoms with Gasteiger partial charge in [-0.3, -0.25) is 0 Å². The molecule has 13 rings (SSSR count). The van der Waals surface area contributed by atoms with Crippen molar-refractivity contribution in [3.8, 4) is 61.3 Å². The number of rotatable bonds is 8. The highest BCUT2D eigenvalue weighted by atomic mass is 15.1. The van der Waals surface area contributed by atoms with Crippen LogP contribution in [0.5, 0.6) is 0 Å². The van der Waals surface area contributed by atoms with Crippen molar-refractivity contribution in [2.45, 2.75) is 19.3 Å². The average molecular weight is 881 g/mol. The second-order valence-electron chi connectivity index (χ2n) is 19.0. The molecule has 1 heterocycles. The van der Waals surface area contributed by atoms with Crippen LogP contribution in [0.25, 0.3) is 93.9 Å². The van der Waals surface area contributed by atoms with Crippen molar-refractivity contribution < 1.29 is 0 Å². The molecule has 0 amide bonds. The Hall–Kier alpha value is -8.72. The molecule has 0 aliphatic heterocycles. The first kappa shape index (κ1) is 40.5. The Morgan fingerprint density at radius 3 is 1.58 bits per heavy atom. The third kappa shape index (κ3) is 6.95. The predicted molar refractivity (Wildman–Crippen MR) is 292 cm³/mol. The van der Waals surface area contributed by atoms with Crippen LogP contribution in [-0.2, 0) is 5.41 Å². The van der Waals surface area contributed by atoms with E-state index in [-0.39, 0.29) is 5.41 Å². The maximum Gasteiger partial charge on any atom is 0.0541 e. The largest absolute Gasteiger partial charge is 0.310 e. The van der Waals surface area contributed by atoms with Crippen LogP contribution >= 0.6 is 0 Å². The van der Waals surface area contributed by atoms with Gasteiger partial charge in [-0.2, -0.15) is 0 Å². The molecule has 0 N–H and O–H groups in total. The van der Waals surface area contributed by atoms with Gasteiger partial charge in [0.25, 0.3) is 0 Å². The molecule has 1 aliphatic rings. The smallest absolute Gasteiger partial charge is 0.0541 e. The molecule has 2 heteroatoms. The molecule has 0 saturated carbocycles. The van der Waals surface area contributed by atoms with E-state index in [4.69, 9.17) is 0 Å². The molecule has 0 saturated heterocycles. The summed E-state index contributed by atoms with van der Waals surface area (Å²) in [5.74, 6) is 0. The van der Waals surface area contributed by atoms with Gasteiger partial charge < -0.3 is 9.47 Å². The zero-order chi connectivity index (χ0) is 46.1. The highest BCUT2D eigenvalue weighted by Crippen LogP contribution is 2.51. The molecule has 0 radical (unpaired) electrons. The Morgan fingerprint density at radius 2 is 0.797 bits per heavy atom. The third-order valence-corrected chi connectivity index (χ3v) is 14.6. The van der Waals surface area contributed by atoms with E-state index in [9.17, 15) is 0 Å². The topological polar surface area (TPSA) is 8.17 Å². The van der Waals surface area contributed by atoms with Crippen molar-refractivity contribution in [2.24, 2.45) is 0 Å². The molecular formula is C67H48N2. The second kappa shape index (κ2) is 16.3. The molecule has 2 nitrogen and oxygen atoms in total. The second-order valence-corrected chi connectivity index (χ2v) is 19.0. The summed E-state index contributed by atoms with van der Waals surface area (Å²) >= 11 is 0. The van der Waals surface area contributed by atoms with Crippen molar-refractivity contribution >= 4 is 49.6 Å². The van der Waals surface area contributed by atoms with Crippen LogP contribution in [0.15, 0.2) is 255 Å². The number of para-hydroxylation sites is 1. The quantitative estimate of drug-likeness (QED) is 0.148. The highest BCUT2D eigenvalue weighted by Gasteiger charge is 2.35. The zero-order valence-electron chi connectivity index (χ0n) is 38.6. The van der Waals surface area contributed by atoms with Crippen LogP contribution in [-0.4, -0.2) is 4.57 Å². The Bertz CT molecular complexity index is 3900. The fourth-order valence-corrected chi connectivity index (χ4v) is 11.0. The first-order valence-electron chi connectivity index (χ1n) is 24.0. The van der Waals surface area contributed by atoms with Crippen molar-refractivity contribution in [1.29, 1.82) is 0 Å². The molecule has 326 valence electrons. The van der Waals surface area contributed by atoms with E-state index < -0.39 is 0 Å². The van der Waals surface area contributed by atoms with Gasteiger partial charge in [-0.1, -0.05) is 196 Å². The summed E-state index contributed by atoms with van der Waals surface area (Å²) < 4.78 is 2.39. The van der Waals surface area contributed by atoms with Gasteiger partial charge >= 0.3 is 0 Å². The van der Waals surface area contributed by atoms with Gasteiger partial charge in [0.1, 0.15) is 0 Å². The molecule has 1 aromatic heterocycles. The number of benzene rings is 11. The Morgan fingerprint density at radius 1 is 0.304 bits per heavy atom. The van der Waals surface area contributed by atoms with E-state index in [1.807, 2.05) is 0 Å². The first-order valence-corrected chi connectivity index (χ1v) is 24.0. The summed E-state index contributed by atoms with van der Waals surface area (Å²) in [5.41, 5.74) is 21.8. The lowest BCUT2D eigenvalue weighted by atomic mass is 9.82. The van der Waals surface area contributed by atoms with Crippen LogP contribution in [0.2, 0.25) is 0 Å². The summed E-state index contributed by atoms with van der Waals surface area (Å²) in [5, 5.41) is 4.92. The van der Waals surface area contributed by atoms with E-state index in [1.165, 1.54) is 99.3 Å². The molecule has 1 aliphatic carbocycles. The van der Waals surface area contributed by atoms with Gasteiger partial charge in [-0.05, 0) is 150 Å². The number of aromatic nitrogens is 1. The van der Waals surface area contributed by atoms with Crippen molar-refractivity contribution in [3.63, 3.8) is 0 Å². The summed E-state index contributed by atoms with van der Waals surface area (Å²) in [6.07, 6.45) is 0. The molecule has 0 spiro atoms. The molecule has 0 fully saturated rings. The lowest BCUT2D eigenvalue weighted by molar-refractivity contribution is 0.660. The summed E-state index contributed by atoms with van der Waals surface area (Å²) in [4.78, 5) is 2.44. The number of hydrogen-bond acceptors (Lipinski definition) is 1. The van der Waals surface area contributed by atoms with Crippen LogP contribution in [0, 0.1) is 0 Å². The monoisotopic (exact) mass is 880 g/mol. The Labute approximate surface area is 403 Å². The predicted octanol–water partition coefficient (Wildman–Crippen LogP) is 18.4. The van der Waals surface area contributed by atoms with E-state index >= 15 is 0 Å². The highest BCUT2D eigenvalue weighted by molar-refractivity contribution is 6.10. The van der Waals surface area contributed by atoms with E-state index in [0.29, 0.717) is 0 Å². The molecular weight excluding hydrogens is 833 g/mol.